The average Bonchev–Trinajstić information content (AvgIpc) is 2.04. The van der Waals surface area contributed by atoms with Crippen molar-refractivity contribution in [1.82, 2.24) is 0 Å². The van der Waals surface area contributed by atoms with Crippen LogP contribution in [-0.2, 0) is 9.59 Å². The Hall–Kier alpha value is -0.130. The van der Waals surface area contributed by atoms with Gasteiger partial charge in [-0.1, -0.05) is 12.8 Å². The molecule has 0 radical (unpaired) electrons. The molecule has 3 nitrogen and oxygen atoms in total. The quantitative estimate of drug-likeness (QED) is 0.621. The molecule has 0 aromatic carbocycles. The zero-order chi connectivity index (χ0) is 9.14. The molecule has 0 bridgehead atoms. The molecule has 1 aliphatic carbocycles. The summed E-state index contributed by atoms with van der Waals surface area (Å²) in [5.74, 6) is -1.48. The largest absolute Gasteiger partial charge is 0.481 e. The second-order valence-electron chi connectivity index (χ2n) is 3.14. The van der Waals surface area contributed by atoms with Crippen molar-refractivity contribution < 1.29 is 14.7 Å². The second-order valence-corrected chi connectivity index (χ2v) is 4.20. The first kappa shape index (κ1) is 9.95. The molecular weight excluding hydrogens is 271 g/mol. The van der Waals surface area contributed by atoms with Gasteiger partial charge in [0.15, 0.2) is 3.79 Å². The first-order valence-electron chi connectivity index (χ1n) is 4.05. The topological polar surface area (TPSA) is 54.4 Å². The number of carboxylic acid groups (broad SMARTS) is 1. The maximum Gasteiger partial charge on any atom is 0.307 e. The van der Waals surface area contributed by atoms with E-state index in [1.807, 2.05) is 0 Å². The lowest BCUT2D eigenvalue weighted by Crippen LogP contribution is -2.30. The van der Waals surface area contributed by atoms with Crippen LogP contribution in [0.2, 0.25) is 0 Å². The third-order valence-electron chi connectivity index (χ3n) is 2.37. The zero-order valence-corrected chi connectivity index (χ0v) is 8.78. The van der Waals surface area contributed by atoms with E-state index in [9.17, 15) is 9.59 Å². The summed E-state index contributed by atoms with van der Waals surface area (Å²) in [4.78, 5) is 21.8. The SMILES string of the molecule is O=C(I)[C@H]1CCCC[C@H]1C(=O)O. The molecule has 68 valence electrons. The van der Waals surface area contributed by atoms with Crippen LogP contribution in [0.4, 0.5) is 0 Å². The van der Waals surface area contributed by atoms with Crippen LogP contribution >= 0.6 is 22.6 Å². The second kappa shape index (κ2) is 4.20. The van der Waals surface area contributed by atoms with Gasteiger partial charge in [-0.05, 0) is 35.4 Å². The Balaban J connectivity index is 2.67. The number of hydrogen-bond acceptors (Lipinski definition) is 2. The summed E-state index contributed by atoms with van der Waals surface area (Å²) in [6.07, 6.45) is 3.34. The van der Waals surface area contributed by atoms with Crippen LogP contribution < -0.4 is 0 Å². The normalized spacial score (nSPS) is 29.8. The summed E-state index contributed by atoms with van der Waals surface area (Å²) in [6, 6.07) is 0. The van der Waals surface area contributed by atoms with E-state index >= 15 is 0 Å². The zero-order valence-electron chi connectivity index (χ0n) is 6.62. The van der Waals surface area contributed by atoms with Gasteiger partial charge in [0.2, 0.25) is 0 Å². The van der Waals surface area contributed by atoms with Gasteiger partial charge in [0.1, 0.15) is 0 Å². The van der Waals surface area contributed by atoms with Crippen LogP contribution in [0.1, 0.15) is 25.7 Å². The fourth-order valence-corrected chi connectivity index (χ4v) is 2.44. The van der Waals surface area contributed by atoms with Crippen molar-refractivity contribution in [3.63, 3.8) is 0 Å². The number of hydrogen-bond donors (Lipinski definition) is 1. The number of carbonyl (C=O) groups excluding carboxylic acids is 1. The molecule has 0 aromatic rings. The van der Waals surface area contributed by atoms with Crippen molar-refractivity contribution in [3.8, 4) is 0 Å². The Morgan fingerprint density at radius 3 is 2.00 bits per heavy atom. The average molecular weight is 282 g/mol. The van der Waals surface area contributed by atoms with E-state index in [0.29, 0.717) is 6.42 Å². The molecule has 1 rings (SSSR count). The highest BCUT2D eigenvalue weighted by molar-refractivity contribution is 14.1. The number of aliphatic carboxylic acids is 1. The molecule has 1 saturated carbocycles. The number of rotatable bonds is 2. The molecule has 0 unspecified atom stereocenters. The molecule has 0 aliphatic heterocycles. The van der Waals surface area contributed by atoms with E-state index < -0.39 is 11.9 Å². The van der Waals surface area contributed by atoms with Crippen LogP contribution in [0.3, 0.4) is 0 Å². The van der Waals surface area contributed by atoms with Crippen molar-refractivity contribution in [2.45, 2.75) is 25.7 Å². The predicted octanol–water partition coefficient (Wildman–Crippen LogP) is 1.84. The lowest BCUT2D eigenvalue weighted by Gasteiger charge is -2.25. The molecule has 1 N–H and O–H groups in total. The lowest BCUT2D eigenvalue weighted by atomic mass is 9.80. The molecule has 1 fully saturated rings. The number of carbonyl (C=O) groups is 2. The van der Waals surface area contributed by atoms with Crippen molar-refractivity contribution in [1.29, 1.82) is 0 Å². The highest BCUT2D eigenvalue weighted by Crippen LogP contribution is 2.32. The molecule has 0 aromatic heterocycles. The van der Waals surface area contributed by atoms with Crippen molar-refractivity contribution in [2.75, 3.05) is 0 Å². The molecule has 0 spiro atoms. The third kappa shape index (κ3) is 2.18. The molecule has 0 amide bonds. The van der Waals surface area contributed by atoms with E-state index in [4.69, 9.17) is 5.11 Å². The Morgan fingerprint density at radius 1 is 1.17 bits per heavy atom. The maximum atomic E-state index is 11.0. The lowest BCUT2D eigenvalue weighted by molar-refractivity contribution is -0.146. The van der Waals surface area contributed by atoms with E-state index in [-0.39, 0.29) is 9.71 Å². The van der Waals surface area contributed by atoms with Crippen molar-refractivity contribution >= 4 is 32.4 Å². The van der Waals surface area contributed by atoms with Crippen molar-refractivity contribution in [3.05, 3.63) is 0 Å². The maximum absolute atomic E-state index is 11.0. The van der Waals surface area contributed by atoms with Gasteiger partial charge in [0.25, 0.3) is 0 Å². The van der Waals surface area contributed by atoms with Gasteiger partial charge in [-0.25, -0.2) is 0 Å². The number of halogens is 1. The van der Waals surface area contributed by atoms with E-state index in [0.717, 1.165) is 19.3 Å². The van der Waals surface area contributed by atoms with Gasteiger partial charge in [-0.15, -0.1) is 0 Å². The minimum Gasteiger partial charge on any atom is -0.481 e. The van der Waals surface area contributed by atoms with Crippen LogP contribution in [0, 0.1) is 11.8 Å². The van der Waals surface area contributed by atoms with Crippen LogP contribution in [-0.4, -0.2) is 14.9 Å². The summed E-state index contributed by atoms with van der Waals surface area (Å²) in [7, 11) is 0. The minimum absolute atomic E-state index is 0.000278. The fourth-order valence-electron chi connectivity index (χ4n) is 1.70. The van der Waals surface area contributed by atoms with Gasteiger partial charge in [-0.2, -0.15) is 0 Å². The summed E-state index contributed by atoms with van der Waals surface area (Å²) >= 11 is 1.71. The smallest absolute Gasteiger partial charge is 0.307 e. The standard InChI is InChI=1S/C8H11IO3/c9-7(10)5-3-1-2-4-6(5)8(11)12/h5-6H,1-4H2,(H,11,12)/t5-,6+/m0/s1. The first-order chi connectivity index (χ1) is 5.63. The fraction of sp³-hybridized carbons (Fsp3) is 0.750. The molecule has 12 heavy (non-hydrogen) atoms. The third-order valence-corrected chi connectivity index (χ3v) is 3.17. The Labute approximate surface area is 84.7 Å². The summed E-state index contributed by atoms with van der Waals surface area (Å²) < 4.78 is -0.000278. The van der Waals surface area contributed by atoms with Gasteiger partial charge in [-0.3, -0.25) is 9.59 Å². The molecule has 0 saturated heterocycles. The number of carboxylic acids is 1. The molecule has 2 atom stereocenters. The van der Waals surface area contributed by atoms with E-state index in [1.54, 1.807) is 22.6 Å². The summed E-state index contributed by atoms with van der Waals surface area (Å²) in [5.41, 5.74) is 0. The molecule has 4 heteroatoms. The Morgan fingerprint density at radius 2 is 1.67 bits per heavy atom. The molecule has 1 aliphatic rings. The highest BCUT2D eigenvalue weighted by atomic mass is 127. The summed E-state index contributed by atoms with van der Waals surface area (Å²) in [6.45, 7) is 0. The minimum atomic E-state index is -0.815. The highest BCUT2D eigenvalue weighted by Gasteiger charge is 2.34. The van der Waals surface area contributed by atoms with Gasteiger partial charge in [0.05, 0.1) is 5.92 Å². The van der Waals surface area contributed by atoms with Crippen LogP contribution in [0.5, 0.6) is 0 Å². The van der Waals surface area contributed by atoms with E-state index in [1.165, 1.54) is 0 Å². The van der Waals surface area contributed by atoms with E-state index in [2.05, 4.69) is 0 Å². The first-order valence-corrected chi connectivity index (χ1v) is 5.13. The van der Waals surface area contributed by atoms with Gasteiger partial charge in [0, 0.05) is 5.92 Å². The molecular formula is C8H11IO3. The Bertz CT molecular complexity index is 180. The van der Waals surface area contributed by atoms with Crippen LogP contribution in [0.25, 0.3) is 0 Å². The van der Waals surface area contributed by atoms with Crippen LogP contribution in [0.15, 0.2) is 0 Å². The summed E-state index contributed by atoms with van der Waals surface area (Å²) in [5, 5.41) is 8.80. The Kier molecular flexibility index (Phi) is 3.49. The van der Waals surface area contributed by atoms with Crippen molar-refractivity contribution in [2.24, 2.45) is 11.8 Å². The van der Waals surface area contributed by atoms with Gasteiger partial charge >= 0.3 is 5.97 Å². The molecule has 0 heterocycles. The van der Waals surface area contributed by atoms with Gasteiger partial charge < -0.3 is 5.11 Å². The monoisotopic (exact) mass is 282 g/mol. The predicted molar refractivity (Wildman–Crippen MR) is 52.1 cm³/mol.